The Kier molecular flexibility index (Phi) is 4.60. The highest BCUT2D eigenvalue weighted by atomic mass is 35.5. The summed E-state index contributed by atoms with van der Waals surface area (Å²) in [5.41, 5.74) is 4.13. The number of alkyl halides is 3. The van der Waals surface area contributed by atoms with Crippen LogP contribution in [0.3, 0.4) is 0 Å². The normalized spacial score (nSPS) is 12.3. The average molecular weight is 347 g/mol. The lowest BCUT2D eigenvalue weighted by Crippen LogP contribution is -2.16. The highest BCUT2D eigenvalue weighted by molar-refractivity contribution is 6.34. The fourth-order valence-corrected chi connectivity index (χ4v) is 2.04. The smallest absolute Gasteiger partial charge is 0.380 e. The van der Waals surface area contributed by atoms with E-state index in [2.05, 4.69) is 15.1 Å². The third-order valence-corrected chi connectivity index (χ3v) is 3.11. The lowest BCUT2D eigenvalue weighted by atomic mass is 10.2. The molecule has 0 saturated heterocycles. The van der Waals surface area contributed by atoms with E-state index in [1.54, 1.807) is 30.3 Å². The summed E-state index contributed by atoms with van der Waals surface area (Å²) in [6.45, 7) is 0. The average Bonchev–Trinajstić information content (AvgIpc) is 2.80. The summed E-state index contributed by atoms with van der Waals surface area (Å²) in [4.78, 5) is 16.4. The molecule has 0 atom stereocenters. The van der Waals surface area contributed by atoms with Crippen LogP contribution < -0.4 is 5.73 Å². The fourth-order valence-electron chi connectivity index (χ4n) is 1.70. The van der Waals surface area contributed by atoms with Gasteiger partial charge in [0, 0.05) is 12.6 Å². The molecule has 0 aliphatic heterocycles. The van der Waals surface area contributed by atoms with Crippen molar-refractivity contribution in [2.75, 3.05) is 0 Å². The largest absolute Gasteiger partial charge is 0.436 e. The molecule has 0 spiro atoms. The Labute approximate surface area is 133 Å². The fraction of sp³-hybridized carbons (Fsp3) is 0.154. The van der Waals surface area contributed by atoms with Crippen LogP contribution >= 0.6 is 11.6 Å². The number of halogens is 4. The Morgan fingerprint density at radius 3 is 2.48 bits per heavy atom. The Bertz CT molecular complexity index is 757. The summed E-state index contributed by atoms with van der Waals surface area (Å²) in [5, 5.41) is 5.69. The van der Waals surface area contributed by atoms with Crippen molar-refractivity contribution in [1.29, 1.82) is 0 Å². The Morgan fingerprint density at radius 1 is 1.35 bits per heavy atom. The van der Waals surface area contributed by atoms with Crippen molar-refractivity contribution in [3.05, 3.63) is 52.3 Å². The zero-order chi connectivity index (χ0) is 17.2. The van der Waals surface area contributed by atoms with Gasteiger partial charge in [0.25, 0.3) is 0 Å². The quantitative estimate of drug-likeness (QED) is 0.401. The molecule has 2 rings (SSSR count). The summed E-state index contributed by atoms with van der Waals surface area (Å²) < 4.78 is 38.7. The molecule has 0 aliphatic carbocycles. The van der Waals surface area contributed by atoms with Gasteiger partial charge in [-0.25, -0.2) is 4.79 Å². The number of carbonyl (C=O) groups is 1. The lowest BCUT2D eigenvalue weighted by Gasteiger charge is -2.02. The molecule has 1 heterocycles. The Morgan fingerprint density at radius 2 is 1.96 bits per heavy atom. The number of amidine groups is 1. The van der Waals surface area contributed by atoms with E-state index < -0.39 is 28.6 Å². The predicted octanol–water partition coefficient (Wildman–Crippen LogP) is 2.57. The van der Waals surface area contributed by atoms with Crippen molar-refractivity contribution in [2.24, 2.45) is 17.9 Å². The maximum atomic E-state index is 12.7. The third kappa shape index (κ3) is 3.62. The number of nitrogens with zero attached hydrogens (tertiary/aromatic N) is 3. The van der Waals surface area contributed by atoms with E-state index in [1.165, 1.54) is 0 Å². The second-order valence-corrected chi connectivity index (χ2v) is 4.73. The maximum Gasteiger partial charge on any atom is 0.436 e. The minimum atomic E-state index is -4.79. The molecule has 0 radical (unpaired) electrons. The summed E-state index contributed by atoms with van der Waals surface area (Å²) >= 11 is 5.56. The summed E-state index contributed by atoms with van der Waals surface area (Å²) in [7, 11) is 1.13. The molecule has 0 unspecified atom stereocenters. The molecule has 1 aromatic carbocycles. The van der Waals surface area contributed by atoms with Crippen LogP contribution in [0.25, 0.3) is 0 Å². The minimum Gasteiger partial charge on any atom is -0.380 e. The first-order valence-electron chi connectivity index (χ1n) is 6.11. The molecule has 1 aromatic heterocycles. The predicted molar refractivity (Wildman–Crippen MR) is 75.8 cm³/mol. The molecule has 2 N–H and O–H groups in total. The monoisotopic (exact) mass is 346 g/mol. The van der Waals surface area contributed by atoms with Gasteiger partial charge in [0.2, 0.25) is 0 Å². The second kappa shape index (κ2) is 6.29. The number of hydrogen-bond acceptors (Lipinski definition) is 4. The van der Waals surface area contributed by atoms with Crippen LogP contribution in [0, 0.1) is 0 Å². The van der Waals surface area contributed by atoms with Crippen LogP contribution in [0.15, 0.2) is 35.5 Å². The van der Waals surface area contributed by atoms with E-state index in [1.807, 2.05) is 0 Å². The van der Waals surface area contributed by atoms with Gasteiger partial charge in [-0.3, -0.25) is 4.68 Å². The number of benzene rings is 1. The Balaban J connectivity index is 2.24. The standard InChI is InChI=1S/C13H10ClF3N4O2/c1-21-9(8(14)10(19-21)13(15,16)17)12(22)23-20-11(18)7-5-3-2-4-6-7/h2-6H,1H3,(H2,18,20). The third-order valence-electron chi connectivity index (χ3n) is 2.75. The second-order valence-electron chi connectivity index (χ2n) is 4.35. The van der Waals surface area contributed by atoms with E-state index in [4.69, 9.17) is 17.3 Å². The molecule has 6 nitrogen and oxygen atoms in total. The van der Waals surface area contributed by atoms with Crippen LogP contribution in [0.2, 0.25) is 5.02 Å². The molecule has 122 valence electrons. The molecule has 2 aromatic rings. The zero-order valence-electron chi connectivity index (χ0n) is 11.6. The first kappa shape index (κ1) is 16.8. The van der Waals surface area contributed by atoms with E-state index in [9.17, 15) is 18.0 Å². The van der Waals surface area contributed by atoms with Gasteiger partial charge in [-0.15, -0.1) is 0 Å². The first-order valence-corrected chi connectivity index (χ1v) is 6.49. The van der Waals surface area contributed by atoms with Crippen molar-refractivity contribution in [1.82, 2.24) is 9.78 Å². The van der Waals surface area contributed by atoms with E-state index in [0.717, 1.165) is 7.05 Å². The number of carbonyl (C=O) groups excluding carboxylic acids is 1. The van der Waals surface area contributed by atoms with E-state index in [0.29, 0.717) is 10.2 Å². The van der Waals surface area contributed by atoms with Crippen LogP contribution in [0.1, 0.15) is 21.7 Å². The van der Waals surface area contributed by atoms with Gasteiger partial charge in [-0.2, -0.15) is 18.3 Å². The first-order chi connectivity index (χ1) is 10.7. The molecule has 10 heteroatoms. The van der Waals surface area contributed by atoms with Gasteiger partial charge < -0.3 is 10.6 Å². The minimum absolute atomic E-state index is 0.117. The van der Waals surface area contributed by atoms with Gasteiger partial charge in [-0.1, -0.05) is 47.1 Å². The Hall–Kier alpha value is -2.55. The molecular weight excluding hydrogens is 337 g/mol. The topological polar surface area (TPSA) is 82.5 Å². The van der Waals surface area contributed by atoms with Crippen LogP contribution in [-0.4, -0.2) is 21.6 Å². The van der Waals surface area contributed by atoms with Gasteiger partial charge in [0.15, 0.2) is 17.2 Å². The summed E-state index contributed by atoms with van der Waals surface area (Å²) in [6, 6.07) is 8.36. The van der Waals surface area contributed by atoms with Gasteiger partial charge in [-0.05, 0) is 0 Å². The molecule has 0 amide bonds. The van der Waals surface area contributed by atoms with Crippen molar-refractivity contribution >= 4 is 23.4 Å². The summed E-state index contributed by atoms with van der Waals surface area (Å²) in [6.07, 6.45) is -4.79. The van der Waals surface area contributed by atoms with Gasteiger partial charge >= 0.3 is 12.1 Å². The number of oxime groups is 1. The molecule has 23 heavy (non-hydrogen) atoms. The molecule has 0 aliphatic rings. The van der Waals surface area contributed by atoms with Crippen molar-refractivity contribution in [2.45, 2.75) is 6.18 Å². The number of hydrogen-bond donors (Lipinski definition) is 1. The summed E-state index contributed by atoms with van der Waals surface area (Å²) in [5.74, 6) is -1.33. The van der Waals surface area contributed by atoms with Gasteiger partial charge in [0.05, 0.1) is 0 Å². The van der Waals surface area contributed by atoms with E-state index in [-0.39, 0.29) is 5.84 Å². The van der Waals surface area contributed by atoms with Crippen molar-refractivity contribution in [3.8, 4) is 0 Å². The van der Waals surface area contributed by atoms with E-state index >= 15 is 0 Å². The zero-order valence-corrected chi connectivity index (χ0v) is 12.4. The highest BCUT2D eigenvalue weighted by Gasteiger charge is 2.40. The maximum absolute atomic E-state index is 12.7. The SMILES string of the molecule is Cn1nc(C(F)(F)F)c(Cl)c1C(=O)O/N=C(\N)c1ccccc1. The number of aromatic nitrogens is 2. The molecule has 0 saturated carbocycles. The number of aryl methyl sites for hydroxylation is 1. The van der Waals surface area contributed by atoms with Gasteiger partial charge in [0.1, 0.15) is 5.02 Å². The highest BCUT2D eigenvalue weighted by Crippen LogP contribution is 2.35. The number of rotatable bonds is 3. The van der Waals surface area contributed by atoms with Crippen LogP contribution in [0.5, 0.6) is 0 Å². The van der Waals surface area contributed by atoms with Crippen LogP contribution in [0.4, 0.5) is 13.2 Å². The lowest BCUT2D eigenvalue weighted by molar-refractivity contribution is -0.141. The van der Waals surface area contributed by atoms with Crippen molar-refractivity contribution in [3.63, 3.8) is 0 Å². The van der Waals surface area contributed by atoms with Crippen molar-refractivity contribution < 1.29 is 22.8 Å². The van der Waals surface area contributed by atoms with Crippen LogP contribution in [-0.2, 0) is 18.1 Å². The molecule has 0 bridgehead atoms. The number of nitrogens with two attached hydrogens (primary N) is 1. The molecular formula is C13H10ClF3N4O2. The molecule has 0 fully saturated rings.